The fraction of sp³-hybridized carbons (Fsp3) is 0.333. The monoisotopic (exact) mass is 318 g/mol. The molecule has 0 aromatic heterocycles. The summed E-state index contributed by atoms with van der Waals surface area (Å²) in [6.45, 7) is 3.30. The van der Waals surface area contributed by atoms with Crippen LogP contribution in [0.15, 0.2) is 18.2 Å². The van der Waals surface area contributed by atoms with Gasteiger partial charge in [-0.2, -0.15) is 0 Å². The minimum atomic E-state index is -0.355. The van der Waals surface area contributed by atoms with Gasteiger partial charge in [-0.25, -0.2) is 0 Å². The number of rotatable bonds is 5. The quantitative estimate of drug-likeness (QED) is 0.739. The maximum Gasteiger partial charge on any atom is 0.163 e. The van der Waals surface area contributed by atoms with Crippen LogP contribution in [0.3, 0.4) is 0 Å². The molecule has 0 spiro atoms. The standard InChI is InChI=1S/C18H22O5/c1-10-6-13(22-3)8-16(23-4)14(10)7-12-5-11(2)17(20)18(21)15(12)9-19/h5-6,8,19-21H,7,9H2,1-4H3. The summed E-state index contributed by atoms with van der Waals surface area (Å²) in [5.41, 5.74) is 3.54. The fourth-order valence-electron chi connectivity index (χ4n) is 2.70. The molecular formula is C18H22O5. The summed E-state index contributed by atoms with van der Waals surface area (Å²) in [6, 6.07) is 5.47. The average Bonchev–Trinajstić information content (AvgIpc) is 2.54. The SMILES string of the molecule is COc1cc(C)c(Cc2cc(C)c(O)c(O)c2CO)c(OC)c1. The first kappa shape index (κ1) is 17.0. The second-order valence-electron chi connectivity index (χ2n) is 5.49. The van der Waals surface area contributed by atoms with Crippen LogP contribution in [-0.4, -0.2) is 29.5 Å². The van der Waals surface area contributed by atoms with Crippen molar-refractivity contribution in [3.05, 3.63) is 46.0 Å². The van der Waals surface area contributed by atoms with Crippen LogP contribution in [0.5, 0.6) is 23.0 Å². The Bertz CT molecular complexity index is 722. The first-order chi connectivity index (χ1) is 10.9. The van der Waals surface area contributed by atoms with Crippen LogP contribution in [0, 0.1) is 13.8 Å². The van der Waals surface area contributed by atoms with E-state index in [9.17, 15) is 15.3 Å². The molecular weight excluding hydrogens is 296 g/mol. The number of hydrogen-bond donors (Lipinski definition) is 3. The van der Waals surface area contributed by atoms with E-state index < -0.39 is 0 Å². The molecule has 5 nitrogen and oxygen atoms in total. The summed E-state index contributed by atoms with van der Waals surface area (Å²) in [5, 5.41) is 29.4. The Morgan fingerprint density at radius 2 is 1.57 bits per heavy atom. The first-order valence-corrected chi connectivity index (χ1v) is 7.28. The number of aliphatic hydroxyl groups excluding tert-OH is 1. The van der Waals surface area contributed by atoms with Gasteiger partial charge in [0.1, 0.15) is 11.5 Å². The number of aryl methyl sites for hydroxylation is 2. The summed E-state index contributed by atoms with van der Waals surface area (Å²) in [5.74, 6) is 0.912. The zero-order chi connectivity index (χ0) is 17.1. The maximum atomic E-state index is 10.1. The minimum absolute atomic E-state index is 0.198. The highest BCUT2D eigenvalue weighted by Gasteiger charge is 2.18. The summed E-state index contributed by atoms with van der Waals surface area (Å²) in [6.07, 6.45) is 0.462. The number of benzene rings is 2. The third kappa shape index (κ3) is 3.19. The highest BCUT2D eigenvalue weighted by atomic mass is 16.5. The average molecular weight is 318 g/mol. The van der Waals surface area contributed by atoms with Crippen molar-refractivity contribution in [1.29, 1.82) is 0 Å². The smallest absolute Gasteiger partial charge is 0.163 e. The molecule has 0 saturated carbocycles. The van der Waals surface area contributed by atoms with Crippen molar-refractivity contribution >= 4 is 0 Å². The molecule has 2 aromatic rings. The molecule has 0 unspecified atom stereocenters. The minimum Gasteiger partial charge on any atom is -0.504 e. The Morgan fingerprint density at radius 3 is 2.13 bits per heavy atom. The van der Waals surface area contributed by atoms with Crippen LogP contribution in [0.1, 0.15) is 27.8 Å². The molecule has 0 atom stereocenters. The molecule has 0 amide bonds. The fourth-order valence-corrected chi connectivity index (χ4v) is 2.70. The summed E-state index contributed by atoms with van der Waals surface area (Å²) in [7, 11) is 3.18. The second-order valence-corrected chi connectivity index (χ2v) is 5.49. The van der Waals surface area contributed by atoms with Crippen molar-refractivity contribution in [2.75, 3.05) is 14.2 Å². The molecule has 0 bridgehead atoms. The molecule has 0 fully saturated rings. The molecule has 0 aliphatic carbocycles. The molecule has 0 aliphatic heterocycles. The van der Waals surface area contributed by atoms with Gasteiger partial charge in [-0.05, 0) is 36.6 Å². The Labute approximate surface area is 135 Å². The maximum absolute atomic E-state index is 10.1. The third-order valence-corrected chi connectivity index (χ3v) is 4.05. The van der Waals surface area contributed by atoms with Crippen LogP contribution in [0.25, 0.3) is 0 Å². The van der Waals surface area contributed by atoms with Crippen LogP contribution >= 0.6 is 0 Å². The molecule has 2 aromatic carbocycles. The molecule has 0 saturated heterocycles. The predicted molar refractivity (Wildman–Crippen MR) is 87.5 cm³/mol. The Hall–Kier alpha value is -2.40. The van der Waals surface area contributed by atoms with Gasteiger partial charge < -0.3 is 24.8 Å². The molecule has 2 rings (SSSR count). The van der Waals surface area contributed by atoms with Crippen LogP contribution in [0.4, 0.5) is 0 Å². The molecule has 0 heterocycles. The van der Waals surface area contributed by atoms with Gasteiger partial charge in [-0.15, -0.1) is 0 Å². The van der Waals surface area contributed by atoms with E-state index in [-0.39, 0.29) is 18.1 Å². The van der Waals surface area contributed by atoms with E-state index in [1.807, 2.05) is 13.0 Å². The number of aromatic hydroxyl groups is 2. The van der Waals surface area contributed by atoms with Gasteiger partial charge in [0.25, 0.3) is 0 Å². The van der Waals surface area contributed by atoms with Gasteiger partial charge in [0.05, 0.1) is 20.8 Å². The van der Waals surface area contributed by atoms with Gasteiger partial charge in [-0.3, -0.25) is 0 Å². The summed E-state index contributed by atoms with van der Waals surface area (Å²) >= 11 is 0. The molecule has 23 heavy (non-hydrogen) atoms. The highest BCUT2D eigenvalue weighted by Crippen LogP contribution is 2.38. The van der Waals surface area contributed by atoms with E-state index >= 15 is 0 Å². The van der Waals surface area contributed by atoms with Crippen molar-refractivity contribution < 1.29 is 24.8 Å². The molecule has 0 aliphatic rings. The van der Waals surface area contributed by atoms with Crippen molar-refractivity contribution in [3.63, 3.8) is 0 Å². The van der Waals surface area contributed by atoms with Crippen molar-refractivity contribution in [2.24, 2.45) is 0 Å². The van der Waals surface area contributed by atoms with Gasteiger partial charge >= 0.3 is 0 Å². The Morgan fingerprint density at radius 1 is 0.870 bits per heavy atom. The summed E-state index contributed by atoms with van der Waals surface area (Å²) < 4.78 is 10.7. The van der Waals surface area contributed by atoms with Gasteiger partial charge in [-0.1, -0.05) is 6.07 Å². The normalized spacial score (nSPS) is 10.7. The van der Waals surface area contributed by atoms with Crippen molar-refractivity contribution in [1.82, 2.24) is 0 Å². The molecule has 3 N–H and O–H groups in total. The van der Waals surface area contributed by atoms with Gasteiger partial charge in [0, 0.05) is 23.6 Å². The van der Waals surface area contributed by atoms with Crippen molar-refractivity contribution in [2.45, 2.75) is 26.9 Å². The summed E-state index contributed by atoms with van der Waals surface area (Å²) in [4.78, 5) is 0. The first-order valence-electron chi connectivity index (χ1n) is 7.28. The third-order valence-electron chi connectivity index (χ3n) is 4.05. The lowest BCUT2D eigenvalue weighted by Crippen LogP contribution is -2.02. The lowest BCUT2D eigenvalue weighted by molar-refractivity contribution is 0.271. The number of hydrogen-bond acceptors (Lipinski definition) is 5. The second kappa shape index (κ2) is 6.79. The number of phenols is 2. The van der Waals surface area contributed by atoms with Crippen LogP contribution in [0.2, 0.25) is 0 Å². The van der Waals surface area contributed by atoms with Gasteiger partial charge in [0.15, 0.2) is 11.5 Å². The molecule has 0 radical (unpaired) electrons. The van der Waals surface area contributed by atoms with E-state index in [0.29, 0.717) is 29.0 Å². The zero-order valence-electron chi connectivity index (χ0n) is 13.8. The van der Waals surface area contributed by atoms with Crippen molar-refractivity contribution in [3.8, 4) is 23.0 Å². The molecule has 124 valence electrons. The van der Waals surface area contributed by atoms with E-state index in [2.05, 4.69) is 0 Å². The zero-order valence-corrected chi connectivity index (χ0v) is 13.8. The van der Waals surface area contributed by atoms with Crippen LogP contribution < -0.4 is 9.47 Å². The van der Waals surface area contributed by atoms with E-state index in [1.165, 1.54) is 0 Å². The number of aliphatic hydroxyl groups is 1. The van der Waals surface area contributed by atoms with E-state index in [4.69, 9.17) is 9.47 Å². The number of phenolic OH excluding ortho intramolecular Hbond substituents is 1. The van der Waals surface area contributed by atoms with Crippen LogP contribution in [-0.2, 0) is 13.0 Å². The Kier molecular flexibility index (Phi) is 5.01. The topological polar surface area (TPSA) is 79.2 Å². The lowest BCUT2D eigenvalue weighted by atomic mass is 9.93. The predicted octanol–water partition coefficient (Wildman–Crippen LogP) is 2.81. The lowest BCUT2D eigenvalue weighted by Gasteiger charge is -2.17. The number of ether oxygens (including phenoxy) is 2. The largest absolute Gasteiger partial charge is 0.504 e. The molecule has 5 heteroatoms. The van der Waals surface area contributed by atoms with Gasteiger partial charge in [0.2, 0.25) is 0 Å². The van der Waals surface area contributed by atoms with E-state index in [1.54, 1.807) is 33.3 Å². The van der Waals surface area contributed by atoms with E-state index in [0.717, 1.165) is 16.7 Å². The number of methoxy groups -OCH3 is 2. The Balaban J connectivity index is 2.56. The highest BCUT2D eigenvalue weighted by molar-refractivity contribution is 5.56.